The first kappa shape index (κ1) is 15.6. The van der Waals surface area contributed by atoms with Crippen LogP contribution in [0.1, 0.15) is 0 Å². The zero-order valence-corrected chi connectivity index (χ0v) is 13.4. The van der Waals surface area contributed by atoms with Gasteiger partial charge in [0.15, 0.2) is 0 Å². The van der Waals surface area contributed by atoms with Crippen molar-refractivity contribution in [2.75, 3.05) is 20.3 Å². The normalized spacial score (nSPS) is 10.7. The number of pyridine rings is 1. The van der Waals surface area contributed by atoms with Gasteiger partial charge in [0.1, 0.15) is 23.8 Å². The largest absolute Gasteiger partial charge is 0.494 e. The van der Waals surface area contributed by atoms with Crippen LogP contribution in [0, 0.1) is 0 Å². The van der Waals surface area contributed by atoms with Gasteiger partial charge in [0.05, 0.1) is 24.3 Å². The summed E-state index contributed by atoms with van der Waals surface area (Å²) in [5.41, 5.74) is 2.37. The summed E-state index contributed by atoms with van der Waals surface area (Å²) in [6, 6.07) is 15.1. The first-order valence-electron chi connectivity index (χ1n) is 7.20. The summed E-state index contributed by atoms with van der Waals surface area (Å²) in [5, 5.41) is 10.3. The Labute approximate surface area is 139 Å². The lowest BCUT2D eigenvalue weighted by Gasteiger charge is -2.11. The van der Waals surface area contributed by atoms with E-state index in [1.54, 1.807) is 7.11 Å². The summed E-state index contributed by atoms with van der Waals surface area (Å²) >= 11 is 6.25. The number of aliphatic hydroxyl groups excluding tert-OH is 1. The quantitative estimate of drug-likeness (QED) is 0.770. The number of para-hydroxylation sites is 1. The van der Waals surface area contributed by atoms with Crippen molar-refractivity contribution in [1.29, 1.82) is 0 Å². The second kappa shape index (κ2) is 6.86. The maximum Gasteiger partial charge on any atom is 0.145 e. The van der Waals surface area contributed by atoms with Crippen molar-refractivity contribution in [2.45, 2.75) is 0 Å². The highest BCUT2D eigenvalue weighted by Gasteiger charge is 2.11. The Morgan fingerprint density at radius 2 is 1.91 bits per heavy atom. The summed E-state index contributed by atoms with van der Waals surface area (Å²) < 4.78 is 10.8. The lowest BCUT2D eigenvalue weighted by molar-refractivity contribution is 0.201. The predicted molar refractivity (Wildman–Crippen MR) is 91.3 cm³/mol. The van der Waals surface area contributed by atoms with E-state index in [-0.39, 0.29) is 13.2 Å². The van der Waals surface area contributed by atoms with Gasteiger partial charge < -0.3 is 14.6 Å². The Morgan fingerprint density at radius 3 is 2.61 bits per heavy atom. The minimum absolute atomic E-state index is 0.0136. The van der Waals surface area contributed by atoms with E-state index in [9.17, 15) is 0 Å². The monoisotopic (exact) mass is 329 g/mol. The Kier molecular flexibility index (Phi) is 4.65. The average molecular weight is 330 g/mol. The molecule has 0 fully saturated rings. The molecule has 118 valence electrons. The third-order valence-electron chi connectivity index (χ3n) is 3.47. The second-order valence-corrected chi connectivity index (χ2v) is 5.35. The molecule has 5 heteroatoms. The molecule has 1 heterocycles. The zero-order chi connectivity index (χ0) is 16.2. The summed E-state index contributed by atoms with van der Waals surface area (Å²) in [5.74, 6) is 1.38. The number of hydrogen-bond donors (Lipinski definition) is 1. The van der Waals surface area contributed by atoms with Crippen LogP contribution in [0.15, 0.2) is 48.5 Å². The maximum atomic E-state index is 8.79. The van der Waals surface area contributed by atoms with E-state index < -0.39 is 0 Å². The Hall–Kier alpha value is -2.30. The molecule has 3 aromatic rings. The van der Waals surface area contributed by atoms with Crippen molar-refractivity contribution < 1.29 is 14.6 Å². The van der Waals surface area contributed by atoms with Gasteiger partial charge in [0, 0.05) is 10.9 Å². The fourth-order valence-electron chi connectivity index (χ4n) is 2.38. The zero-order valence-electron chi connectivity index (χ0n) is 12.6. The molecule has 0 aliphatic carbocycles. The molecular weight excluding hydrogens is 314 g/mol. The van der Waals surface area contributed by atoms with Crippen molar-refractivity contribution in [1.82, 2.24) is 4.98 Å². The summed E-state index contributed by atoms with van der Waals surface area (Å²) in [6.07, 6.45) is 0. The van der Waals surface area contributed by atoms with Crippen LogP contribution in [0.5, 0.6) is 11.5 Å². The van der Waals surface area contributed by atoms with E-state index in [1.807, 2.05) is 48.5 Å². The van der Waals surface area contributed by atoms with Crippen LogP contribution in [-0.2, 0) is 0 Å². The van der Waals surface area contributed by atoms with Gasteiger partial charge in [-0.1, -0.05) is 23.7 Å². The smallest absolute Gasteiger partial charge is 0.145 e. The van der Waals surface area contributed by atoms with Gasteiger partial charge in [-0.25, -0.2) is 4.98 Å². The number of rotatable bonds is 5. The number of methoxy groups -OCH3 is 1. The molecule has 4 nitrogen and oxygen atoms in total. The van der Waals surface area contributed by atoms with Gasteiger partial charge in [-0.3, -0.25) is 0 Å². The van der Waals surface area contributed by atoms with Crippen molar-refractivity contribution in [3.8, 4) is 22.8 Å². The Morgan fingerprint density at radius 1 is 1.13 bits per heavy atom. The molecule has 0 atom stereocenters. The molecule has 0 aliphatic heterocycles. The molecule has 0 bridgehead atoms. The molecule has 23 heavy (non-hydrogen) atoms. The van der Waals surface area contributed by atoms with Gasteiger partial charge in [0.25, 0.3) is 0 Å². The van der Waals surface area contributed by atoms with Crippen molar-refractivity contribution in [2.24, 2.45) is 0 Å². The summed E-state index contributed by atoms with van der Waals surface area (Å²) in [6.45, 7) is 0.257. The Balaban J connectivity index is 2.05. The fourth-order valence-corrected chi connectivity index (χ4v) is 2.60. The standard InChI is InChI=1S/C18H16ClNO3/c1-22-16-11-13-3-2-4-15(19)17(13)20-18(16)12-5-7-14(8-6-12)23-10-9-21/h2-8,11,21H,9-10H2,1H3. The molecule has 2 aromatic carbocycles. The summed E-state index contributed by atoms with van der Waals surface area (Å²) in [4.78, 5) is 4.67. The fraction of sp³-hybridized carbons (Fsp3) is 0.167. The second-order valence-electron chi connectivity index (χ2n) is 4.95. The minimum Gasteiger partial charge on any atom is -0.494 e. The van der Waals surface area contributed by atoms with Crippen LogP contribution in [0.3, 0.4) is 0 Å². The minimum atomic E-state index is -0.0136. The molecule has 1 aromatic heterocycles. The SMILES string of the molecule is COc1cc2cccc(Cl)c2nc1-c1ccc(OCCO)cc1. The average Bonchev–Trinajstić information content (AvgIpc) is 2.60. The van der Waals surface area contributed by atoms with Gasteiger partial charge in [0.2, 0.25) is 0 Å². The van der Waals surface area contributed by atoms with Gasteiger partial charge >= 0.3 is 0 Å². The van der Waals surface area contributed by atoms with Crippen molar-refractivity contribution >= 4 is 22.5 Å². The highest BCUT2D eigenvalue weighted by atomic mass is 35.5. The molecule has 0 radical (unpaired) electrons. The van der Waals surface area contributed by atoms with Crippen molar-refractivity contribution in [3.05, 3.63) is 53.6 Å². The molecule has 0 unspecified atom stereocenters. The topological polar surface area (TPSA) is 51.6 Å². The number of nitrogens with zero attached hydrogens (tertiary/aromatic N) is 1. The van der Waals surface area contributed by atoms with Gasteiger partial charge in [-0.2, -0.15) is 0 Å². The maximum absolute atomic E-state index is 8.79. The van der Waals surface area contributed by atoms with Crippen molar-refractivity contribution in [3.63, 3.8) is 0 Å². The van der Waals surface area contributed by atoms with E-state index >= 15 is 0 Å². The van der Waals surface area contributed by atoms with Crippen LogP contribution in [-0.4, -0.2) is 30.4 Å². The third kappa shape index (κ3) is 3.23. The number of aromatic nitrogens is 1. The van der Waals surface area contributed by atoms with Crippen LogP contribution in [0.2, 0.25) is 5.02 Å². The number of benzene rings is 2. The van der Waals surface area contributed by atoms with E-state index in [4.69, 9.17) is 26.2 Å². The molecule has 3 rings (SSSR count). The third-order valence-corrected chi connectivity index (χ3v) is 3.77. The number of fused-ring (bicyclic) bond motifs is 1. The molecule has 0 saturated heterocycles. The van der Waals surface area contributed by atoms with Crippen LogP contribution in [0.25, 0.3) is 22.2 Å². The first-order chi connectivity index (χ1) is 11.2. The predicted octanol–water partition coefficient (Wildman–Crippen LogP) is 3.93. The molecule has 1 N–H and O–H groups in total. The number of ether oxygens (including phenoxy) is 2. The van der Waals surface area contributed by atoms with Crippen LogP contribution >= 0.6 is 11.6 Å². The van der Waals surface area contributed by atoms with E-state index in [2.05, 4.69) is 4.98 Å². The molecule has 0 saturated carbocycles. The summed E-state index contributed by atoms with van der Waals surface area (Å²) in [7, 11) is 1.62. The van der Waals surface area contributed by atoms with Gasteiger partial charge in [-0.05, 0) is 36.4 Å². The van der Waals surface area contributed by atoms with E-state index in [0.29, 0.717) is 16.5 Å². The van der Waals surface area contributed by atoms with E-state index in [0.717, 1.165) is 22.2 Å². The number of aliphatic hydroxyl groups is 1. The number of hydrogen-bond acceptors (Lipinski definition) is 4. The number of halogens is 1. The molecule has 0 spiro atoms. The van der Waals surface area contributed by atoms with Crippen LogP contribution < -0.4 is 9.47 Å². The Bertz CT molecular complexity index is 818. The molecule has 0 amide bonds. The molecule has 0 aliphatic rings. The highest BCUT2D eigenvalue weighted by molar-refractivity contribution is 6.35. The highest BCUT2D eigenvalue weighted by Crippen LogP contribution is 2.34. The van der Waals surface area contributed by atoms with Gasteiger partial charge in [-0.15, -0.1) is 0 Å². The first-order valence-corrected chi connectivity index (χ1v) is 7.58. The lowest BCUT2D eigenvalue weighted by Crippen LogP contribution is -2.01. The van der Waals surface area contributed by atoms with E-state index in [1.165, 1.54) is 0 Å². The molecular formula is C18H16ClNO3. The van der Waals surface area contributed by atoms with Crippen LogP contribution in [0.4, 0.5) is 0 Å². The lowest BCUT2D eigenvalue weighted by atomic mass is 10.1.